The summed E-state index contributed by atoms with van der Waals surface area (Å²) < 4.78 is 10.7. The SMILES string of the molecule is COc1ccc(NCC2CCC=CO2)c(C)c1. The number of benzene rings is 1. The first-order valence-electron chi connectivity index (χ1n) is 5.98. The summed E-state index contributed by atoms with van der Waals surface area (Å²) in [6.45, 7) is 2.92. The van der Waals surface area contributed by atoms with Crippen LogP contribution in [-0.2, 0) is 4.74 Å². The summed E-state index contributed by atoms with van der Waals surface area (Å²) in [6, 6.07) is 6.05. The standard InChI is InChI=1S/C14H19NO2/c1-11-9-12(16-2)6-7-14(11)15-10-13-5-3-4-8-17-13/h4,6-9,13,15H,3,5,10H2,1-2H3. The lowest BCUT2D eigenvalue weighted by Gasteiger charge is -2.21. The molecule has 3 nitrogen and oxygen atoms in total. The van der Waals surface area contributed by atoms with Gasteiger partial charge in [-0.3, -0.25) is 0 Å². The van der Waals surface area contributed by atoms with Gasteiger partial charge in [0, 0.05) is 5.69 Å². The fourth-order valence-electron chi connectivity index (χ4n) is 1.92. The number of ether oxygens (including phenoxy) is 2. The van der Waals surface area contributed by atoms with E-state index in [0.717, 1.165) is 30.8 Å². The van der Waals surface area contributed by atoms with E-state index in [1.807, 2.05) is 18.2 Å². The predicted octanol–water partition coefficient (Wildman–Crippen LogP) is 3.11. The molecule has 0 amide bonds. The van der Waals surface area contributed by atoms with Gasteiger partial charge in [0.1, 0.15) is 11.9 Å². The number of hydrogen-bond acceptors (Lipinski definition) is 3. The van der Waals surface area contributed by atoms with E-state index in [1.54, 1.807) is 13.4 Å². The minimum absolute atomic E-state index is 0.279. The minimum Gasteiger partial charge on any atom is -0.497 e. The summed E-state index contributed by atoms with van der Waals surface area (Å²) >= 11 is 0. The second-order valence-electron chi connectivity index (χ2n) is 4.27. The van der Waals surface area contributed by atoms with Crippen molar-refractivity contribution in [1.82, 2.24) is 0 Å². The smallest absolute Gasteiger partial charge is 0.119 e. The van der Waals surface area contributed by atoms with Crippen LogP contribution in [0.3, 0.4) is 0 Å². The molecule has 1 aromatic carbocycles. The van der Waals surface area contributed by atoms with E-state index >= 15 is 0 Å². The Hall–Kier alpha value is -1.64. The highest BCUT2D eigenvalue weighted by molar-refractivity contribution is 5.53. The molecule has 1 aliphatic rings. The molecule has 0 fully saturated rings. The summed E-state index contributed by atoms with van der Waals surface area (Å²) in [4.78, 5) is 0. The van der Waals surface area contributed by atoms with Crippen LogP contribution in [0.15, 0.2) is 30.5 Å². The zero-order valence-corrected chi connectivity index (χ0v) is 10.4. The van der Waals surface area contributed by atoms with Crippen LogP contribution in [0, 0.1) is 6.92 Å². The van der Waals surface area contributed by atoms with E-state index in [-0.39, 0.29) is 6.10 Å². The van der Waals surface area contributed by atoms with Gasteiger partial charge in [0.05, 0.1) is 19.9 Å². The van der Waals surface area contributed by atoms with Gasteiger partial charge in [0.2, 0.25) is 0 Å². The van der Waals surface area contributed by atoms with E-state index in [1.165, 1.54) is 5.56 Å². The number of rotatable bonds is 4. The summed E-state index contributed by atoms with van der Waals surface area (Å²) in [5.74, 6) is 0.893. The molecule has 92 valence electrons. The molecule has 0 saturated heterocycles. The largest absolute Gasteiger partial charge is 0.497 e. The second kappa shape index (κ2) is 5.62. The molecule has 0 aromatic heterocycles. The van der Waals surface area contributed by atoms with E-state index in [4.69, 9.17) is 9.47 Å². The molecule has 1 heterocycles. The lowest BCUT2D eigenvalue weighted by atomic mass is 10.1. The highest BCUT2D eigenvalue weighted by Gasteiger charge is 2.10. The Morgan fingerprint density at radius 1 is 1.47 bits per heavy atom. The van der Waals surface area contributed by atoms with Crippen molar-refractivity contribution in [3.8, 4) is 5.75 Å². The van der Waals surface area contributed by atoms with Crippen molar-refractivity contribution in [2.45, 2.75) is 25.9 Å². The highest BCUT2D eigenvalue weighted by atomic mass is 16.5. The van der Waals surface area contributed by atoms with Gasteiger partial charge in [0.25, 0.3) is 0 Å². The van der Waals surface area contributed by atoms with Crippen LogP contribution < -0.4 is 10.1 Å². The van der Waals surface area contributed by atoms with E-state index < -0.39 is 0 Å². The highest BCUT2D eigenvalue weighted by Crippen LogP contribution is 2.21. The molecular formula is C14H19NO2. The van der Waals surface area contributed by atoms with Crippen molar-refractivity contribution in [1.29, 1.82) is 0 Å². The number of methoxy groups -OCH3 is 1. The fraction of sp³-hybridized carbons (Fsp3) is 0.429. The molecule has 2 rings (SSSR count). The molecule has 0 saturated carbocycles. The topological polar surface area (TPSA) is 30.5 Å². The van der Waals surface area contributed by atoms with E-state index in [2.05, 4.69) is 18.3 Å². The molecule has 3 heteroatoms. The first kappa shape index (κ1) is 11.8. The van der Waals surface area contributed by atoms with Crippen molar-refractivity contribution in [3.63, 3.8) is 0 Å². The molecule has 1 aliphatic heterocycles. The summed E-state index contributed by atoms with van der Waals surface area (Å²) in [5, 5.41) is 3.42. The van der Waals surface area contributed by atoms with Crippen LogP contribution in [0.4, 0.5) is 5.69 Å². The molecule has 1 N–H and O–H groups in total. The Balaban J connectivity index is 1.92. The van der Waals surface area contributed by atoms with Crippen molar-refractivity contribution in [3.05, 3.63) is 36.1 Å². The van der Waals surface area contributed by atoms with Crippen LogP contribution in [0.25, 0.3) is 0 Å². The molecule has 17 heavy (non-hydrogen) atoms. The number of nitrogens with one attached hydrogen (secondary N) is 1. The fourth-order valence-corrected chi connectivity index (χ4v) is 1.92. The molecule has 0 radical (unpaired) electrons. The molecule has 0 spiro atoms. The zero-order chi connectivity index (χ0) is 12.1. The van der Waals surface area contributed by atoms with Crippen molar-refractivity contribution in [2.24, 2.45) is 0 Å². The molecule has 0 aliphatic carbocycles. The Labute approximate surface area is 102 Å². The van der Waals surface area contributed by atoms with Crippen LogP contribution >= 0.6 is 0 Å². The van der Waals surface area contributed by atoms with Gasteiger partial charge in [-0.1, -0.05) is 0 Å². The zero-order valence-electron chi connectivity index (χ0n) is 10.4. The maximum absolute atomic E-state index is 5.52. The van der Waals surface area contributed by atoms with Gasteiger partial charge in [0.15, 0.2) is 0 Å². The number of anilines is 1. The van der Waals surface area contributed by atoms with Gasteiger partial charge < -0.3 is 14.8 Å². The number of hydrogen-bond donors (Lipinski definition) is 1. The summed E-state index contributed by atoms with van der Waals surface area (Å²) in [7, 11) is 1.68. The Morgan fingerprint density at radius 3 is 3.00 bits per heavy atom. The lowest BCUT2D eigenvalue weighted by molar-refractivity contribution is 0.135. The van der Waals surface area contributed by atoms with E-state index in [0.29, 0.717) is 0 Å². The third kappa shape index (κ3) is 3.16. The first-order chi connectivity index (χ1) is 8.29. The Morgan fingerprint density at radius 2 is 2.35 bits per heavy atom. The maximum Gasteiger partial charge on any atom is 0.119 e. The molecule has 1 atom stereocenters. The third-order valence-corrected chi connectivity index (χ3v) is 2.98. The van der Waals surface area contributed by atoms with Crippen LogP contribution in [0.1, 0.15) is 18.4 Å². The molecule has 1 aromatic rings. The van der Waals surface area contributed by atoms with Crippen LogP contribution in [-0.4, -0.2) is 19.8 Å². The molecule has 1 unspecified atom stereocenters. The van der Waals surface area contributed by atoms with Gasteiger partial charge in [-0.2, -0.15) is 0 Å². The second-order valence-corrected chi connectivity index (χ2v) is 4.27. The number of aryl methyl sites for hydroxylation is 1. The monoisotopic (exact) mass is 233 g/mol. The Bertz CT molecular complexity index is 401. The predicted molar refractivity (Wildman–Crippen MR) is 69.5 cm³/mol. The van der Waals surface area contributed by atoms with Gasteiger partial charge in [-0.05, 0) is 49.6 Å². The summed E-state index contributed by atoms with van der Waals surface area (Å²) in [5.41, 5.74) is 2.33. The average molecular weight is 233 g/mol. The number of allylic oxidation sites excluding steroid dienone is 1. The van der Waals surface area contributed by atoms with Gasteiger partial charge >= 0.3 is 0 Å². The van der Waals surface area contributed by atoms with Gasteiger partial charge in [-0.25, -0.2) is 0 Å². The van der Waals surface area contributed by atoms with Crippen molar-refractivity contribution >= 4 is 5.69 Å². The van der Waals surface area contributed by atoms with Crippen LogP contribution in [0.5, 0.6) is 5.75 Å². The molecular weight excluding hydrogens is 214 g/mol. The van der Waals surface area contributed by atoms with E-state index in [9.17, 15) is 0 Å². The molecule has 0 bridgehead atoms. The lowest BCUT2D eigenvalue weighted by Crippen LogP contribution is -2.23. The normalized spacial score (nSPS) is 18.6. The van der Waals surface area contributed by atoms with Crippen molar-refractivity contribution in [2.75, 3.05) is 19.0 Å². The maximum atomic E-state index is 5.52. The van der Waals surface area contributed by atoms with Gasteiger partial charge in [-0.15, -0.1) is 0 Å². The summed E-state index contributed by atoms with van der Waals surface area (Å²) in [6.07, 6.45) is 6.33. The minimum atomic E-state index is 0.279. The van der Waals surface area contributed by atoms with Crippen LogP contribution in [0.2, 0.25) is 0 Å². The average Bonchev–Trinajstić information content (AvgIpc) is 2.38. The quantitative estimate of drug-likeness (QED) is 0.866. The van der Waals surface area contributed by atoms with Crippen molar-refractivity contribution < 1.29 is 9.47 Å². The third-order valence-electron chi connectivity index (χ3n) is 2.98. The first-order valence-corrected chi connectivity index (χ1v) is 5.98. The Kier molecular flexibility index (Phi) is 3.91.